The molecule has 2 aromatic heterocycles. The molecule has 0 fully saturated rings. The molecule has 1 aliphatic heterocycles. The summed E-state index contributed by atoms with van der Waals surface area (Å²) < 4.78 is 3.88. The van der Waals surface area contributed by atoms with Gasteiger partial charge >= 0.3 is 0 Å². The van der Waals surface area contributed by atoms with Crippen LogP contribution in [-0.4, -0.2) is 25.1 Å². The average Bonchev–Trinajstić information content (AvgIpc) is 3.24. The Labute approximate surface area is 132 Å². The molecule has 3 aromatic rings. The summed E-state index contributed by atoms with van der Waals surface area (Å²) in [5.74, 6) is 0.0701. The van der Waals surface area contributed by atoms with Crippen LogP contribution in [0, 0.1) is 0 Å². The number of hydrogen-bond donors (Lipinski definition) is 0. The fourth-order valence-corrected chi connectivity index (χ4v) is 3.74. The van der Waals surface area contributed by atoms with Crippen molar-refractivity contribution in [1.82, 2.24) is 19.3 Å². The largest absolute Gasteiger partial charge is 0.319 e. The fourth-order valence-electron chi connectivity index (χ4n) is 3.74. The van der Waals surface area contributed by atoms with Gasteiger partial charge in [-0.15, -0.1) is 0 Å². The fraction of sp³-hybridized carbons (Fsp3) is 0.167. The predicted octanol–water partition coefficient (Wildman–Crippen LogP) is 2.55. The quantitative estimate of drug-likeness (QED) is 0.694. The number of ketones is 1. The maximum atomic E-state index is 13.0. The number of benzene rings is 1. The van der Waals surface area contributed by atoms with E-state index in [-0.39, 0.29) is 11.8 Å². The van der Waals surface area contributed by atoms with Gasteiger partial charge in [0, 0.05) is 24.6 Å². The zero-order chi connectivity index (χ0) is 15.6. The maximum Gasteiger partial charge on any atom is 0.194 e. The first kappa shape index (κ1) is 12.6. The van der Waals surface area contributed by atoms with E-state index in [1.165, 1.54) is 0 Å². The second kappa shape index (κ2) is 4.29. The summed E-state index contributed by atoms with van der Waals surface area (Å²) in [4.78, 5) is 17.3. The molecule has 0 bridgehead atoms. The molecule has 1 atom stereocenters. The zero-order valence-corrected chi connectivity index (χ0v) is 12.6. The first-order valence-corrected chi connectivity index (χ1v) is 7.62. The number of allylic oxidation sites excluding steroid dienone is 2. The predicted molar refractivity (Wildman–Crippen MR) is 85.1 cm³/mol. The SMILES string of the molecule is Cn1ncc2c1CC=C([C@H]1c3ccccc3-c3cncn31)C2=O. The molecule has 0 saturated carbocycles. The Morgan fingerprint density at radius 3 is 2.96 bits per heavy atom. The Kier molecular flexibility index (Phi) is 2.34. The van der Waals surface area contributed by atoms with Crippen LogP contribution < -0.4 is 0 Å². The van der Waals surface area contributed by atoms with E-state index in [0.29, 0.717) is 0 Å². The number of carbonyl (C=O) groups excluding carboxylic acids is 1. The third-order valence-electron chi connectivity index (χ3n) is 4.85. The first-order valence-electron chi connectivity index (χ1n) is 7.62. The number of fused-ring (bicyclic) bond motifs is 4. The zero-order valence-electron chi connectivity index (χ0n) is 12.6. The van der Waals surface area contributed by atoms with E-state index in [4.69, 9.17) is 0 Å². The summed E-state index contributed by atoms with van der Waals surface area (Å²) in [5.41, 5.74) is 5.90. The molecule has 1 aliphatic carbocycles. The Balaban J connectivity index is 1.69. The van der Waals surface area contributed by atoms with Crippen molar-refractivity contribution in [3.8, 4) is 11.3 Å². The van der Waals surface area contributed by atoms with Crippen LogP contribution in [0.25, 0.3) is 11.3 Å². The lowest BCUT2D eigenvalue weighted by atomic mass is 9.87. The van der Waals surface area contributed by atoms with Gasteiger partial charge < -0.3 is 4.57 Å². The molecule has 112 valence electrons. The molecule has 0 saturated heterocycles. The Hall–Kier alpha value is -2.95. The van der Waals surface area contributed by atoms with E-state index in [0.717, 1.165) is 40.1 Å². The number of aromatic nitrogens is 4. The molecule has 5 heteroatoms. The normalized spacial score (nSPS) is 18.4. The Bertz CT molecular complexity index is 992. The van der Waals surface area contributed by atoms with Crippen LogP contribution >= 0.6 is 0 Å². The lowest BCUT2D eigenvalue weighted by Gasteiger charge is -2.21. The minimum Gasteiger partial charge on any atom is -0.319 e. The number of imidazole rings is 1. The molecule has 0 radical (unpaired) electrons. The second-order valence-electron chi connectivity index (χ2n) is 6.00. The van der Waals surface area contributed by atoms with Crippen molar-refractivity contribution in [1.29, 1.82) is 0 Å². The topological polar surface area (TPSA) is 52.7 Å². The van der Waals surface area contributed by atoms with Crippen LogP contribution in [0.4, 0.5) is 0 Å². The van der Waals surface area contributed by atoms with E-state index < -0.39 is 0 Å². The molecular formula is C18H14N4O. The van der Waals surface area contributed by atoms with Crippen molar-refractivity contribution in [2.45, 2.75) is 12.5 Å². The third-order valence-corrected chi connectivity index (χ3v) is 4.85. The van der Waals surface area contributed by atoms with Crippen LogP contribution in [0.1, 0.15) is 27.7 Å². The first-order chi connectivity index (χ1) is 11.3. The van der Waals surface area contributed by atoms with Gasteiger partial charge in [0.15, 0.2) is 5.78 Å². The Morgan fingerprint density at radius 1 is 1.17 bits per heavy atom. The summed E-state index contributed by atoms with van der Waals surface area (Å²) in [7, 11) is 1.88. The highest BCUT2D eigenvalue weighted by Gasteiger charge is 2.36. The Morgan fingerprint density at radius 2 is 2.04 bits per heavy atom. The third kappa shape index (κ3) is 1.54. The average molecular weight is 302 g/mol. The highest BCUT2D eigenvalue weighted by Crippen LogP contribution is 2.44. The van der Waals surface area contributed by atoms with Crippen LogP contribution in [0.2, 0.25) is 0 Å². The minimum absolute atomic E-state index is 0.0701. The van der Waals surface area contributed by atoms with E-state index in [1.54, 1.807) is 10.9 Å². The second-order valence-corrected chi connectivity index (χ2v) is 6.00. The standard InChI is InChI=1S/C18H14N4O/c1-21-15-7-6-13(18(23)14(15)8-20-21)17-12-5-3-2-4-11(12)16-9-19-10-22(16)17/h2-6,8-10,17H,7H2,1H3/t17-/m1/s1. The molecule has 3 heterocycles. The van der Waals surface area contributed by atoms with Gasteiger partial charge in [-0.25, -0.2) is 4.98 Å². The van der Waals surface area contributed by atoms with Gasteiger partial charge in [0.05, 0.1) is 41.7 Å². The van der Waals surface area contributed by atoms with E-state index >= 15 is 0 Å². The lowest BCUT2D eigenvalue weighted by molar-refractivity contribution is 0.102. The van der Waals surface area contributed by atoms with Crippen molar-refractivity contribution in [3.05, 3.63) is 71.5 Å². The van der Waals surface area contributed by atoms with Crippen LogP contribution in [0.3, 0.4) is 0 Å². The summed E-state index contributed by atoms with van der Waals surface area (Å²) in [6.07, 6.45) is 8.13. The number of Topliss-reactive ketones (excluding diaryl/α,β-unsaturated/α-hetero) is 1. The smallest absolute Gasteiger partial charge is 0.194 e. The summed E-state index contributed by atoms with van der Waals surface area (Å²) >= 11 is 0. The van der Waals surface area contributed by atoms with Gasteiger partial charge in [-0.2, -0.15) is 5.10 Å². The van der Waals surface area contributed by atoms with Crippen LogP contribution in [-0.2, 0) is 13.5 Å². The van der Waals surface area contributed by atoms with Crippen molar-refractivity contribution >= 4 is 5.78 Å². The minimum atomic E-state index is -0.0930. The van der Waals surface area contributed by atoms with Gasteiger partial charge in [0.1, 0.15) is 0 Å². The van der Waals surface area contributed by atoms with Crippen molar-refractivity contribution < 1.29 is 4.79 Å². The summed E-state index contributed by atoms with van der Waals surface area (Å²) in [6, 6.07) is 8.14. The molecule has 23 heavy (non-hydrogen) atoms. The molecular weight excluding hydrogens is 288 g/mol. The molecule has 1 aromatic carbocycles. The summed E-state index contributed by atoms with van der Waals surface area (Å²) in [5, 5.41) is 4.23. The summed E-state index contributed by atoms with van der Waals surface area (Å²) in [6.45, 7) is 0. The maximum absolute atomic E-state index is 13.0. The molecule has 0 amide bonds. The number of aryl methyl sites for hydroxylation is 1. The number of rotatable bonds is 1. The van der Waals surface area contributed by atoms with Gasteiger partial charge in [-0.3, -0.25) is 9.48 Å². The van der Waals surface area contributed by atoms with E-state index in [2.05, 4.69) is 26.8 Å². The highest BCUT2D eigenvalue weighted by atomic mass is 16.1. The molecule has 0 N–H and O–H groups in total. The molecule has 5 rings (SSSR count). The van der Waals surface area contributed by atoms with Gasteiger partial charge in [-0.1, -0.05) is 30.3 Å². The molecule has 2 aliphatic rings. The number of nitrogens with zero attached hydrogens (tertiary/aromatic N) is 4. The van der Waals surface area contributed by atoms with Gasteiger partial charge in [0.2, 0.25) is 0 Å². The van der Waals surface area contributed by atoms with E-state index in [9.17, 15) is 4.79 Å². The van der Waals surface area contributed by atoms with Gasteiger partial charge in [-0.05, 0) is 5.56 Å². The van der Waals surface area contributed by atoms with Crippen molar-refractivity contribution in [2.75, 3.05) is 0 Å². The lowest BCUT2D eigenvalue weighted by Crippen LogP contribution is -2.20. The van der Waals surface area contributed by atoms with E-state index in [1.807, 2.05) is 37.8 Å². The van der Waals surface area contributed by atoms with Crippen molar-refractivity contribution in [2.24, 2.45) is 7.05 Å². The van der Waals surface area contributed by atoms with Crippen LogP contribution in [0.5, 0.6) is 0 Å². The molecule has 0 unspecified atom stereocenters. The highest BCUT2D eigenvalue weighted by molar-refractivity contribution is 6.11. The number of hydrogen-bond acceptors (Lipinski definition) is 3. The number of carbonyl (C=O) groups is 1. The van der Waals surface area contributed by atoms with Crippen molar-refractivity contribution in [3.63, 3.8) is 0 Å². The molecule has 0 spiro atoms. The van der Waals surface area contributed by atoms with Gasteiger partial charge in [0.25, 0.3) is 0 Å². The molecule has 5 nitrogen and oxygen atoms in total. The van der Waals surface area contributed by atoms with Crippen LogP contribution in [0.15, 0.2) is 54.6 Å². The monoisotopic (exact) mass is 302 g/mol.